The molecular weight excluding hydrogens is 410 g/mol. The van der Waals surface area contributed by atoms with Crippen molar-refractivity contribution in [1.29, 1.82) is 0 Å². The lowest BCUT2D eigenvalue weighted by Crippen LogP contribution is -2.43. The van der Waals surface area contributed by atoms with E-state index in [0.717, 1.165) is 11.6 Å². The van der Waals surface area contributed by atoms with Crippen LogP contribution in [-0.2, 0) is 11.3 Å². The maximum atomic E-state index is 14.3. The lowest BCUT2D eigenvalue weighted by Gasteiger charge is -2.37. The Hall–Kier alpha value is -3.25. The molecule has 4 nitrogen and oxygen atoms in total. The maximum Gasteiger partial charge on any atom is 0.228 e. The summed E-state index contributed by atoms with van der Waals surface area (Å²) >= 11 is 0. The number of amides is 1. The summed E-state index contributed by atoms with van der Waals surface area (Å²) < 4.78 is 32.8. The highest BCUT2D eigenvalue weighted by Crippen LogP contribution is 2.32. The smallest absolute Gasteiger partial charge is 0.228 e. The second-order valence-corrected chi connectivity index (χ2v) is 8.19. The summed E-state index contributed by atoms with van der Waals surface area (Å²) in [7, 11) is 1.58. The van der Waals surface area contributed by atoms with Crippen LogP contribution in [0.2, 0.25) is 0 Å². The predicted octanol–water partition coefficient (Wildman–Crippen LogP) is 5.22. The largest absolute Gasteiger partial charge is 0.497 e. The van der Waals surface area contributed by atoms with Crippen LogP contribution >= 0.6 is 0 Å². The standard InChI is InChI=1S/C26H26F2N2O2/c1-32-24-9-5-8-23(14-24)29-26(31)21-12-20(18-6-3-2-4-7-18)16-30(17-21)15-19-10-11-22(27)13-25(19)28/h2-11,13-14,20-21H,12,15-17H2,1H3,(H,29,31). The van der Waals surface area contributed by atoms with E-state index in [9.17, 15) is 13.6 Å². The fourth-order valence-corrected chi connectivity index (χ4v) is 4.31. The van der Waals surface area contributed by atoms with Crippen molar-refractivity contribution in [3.63, 3.8) is 0 Å². The third kappa shape index (κ3) is 5.32. The molecule has 4 rings (SSSR count). The quantitative estimate of drug-likeness (QED) is 0.576. The number of carbonyl (C=O) groups is 1. The average molecular weight is 437 g/mol. The number of benzene rings is 3. The van der Waals surface area contributed by atoms with E-state index in [0.29, 0.717) is 43.1 Å². The van der Waals surface area contributed by atoms with Crippen molar-refractivity contribution in [2.24, 2.45) is 5.92 Å². The van der Waals surface area contributed by atoms with Gasteiger partial charge >= 0.3 is 0 Å². The molecule has 1 heterocycles. The average Bonchev–Trinajstić information content (AvgIpc) is 2.81. The molecule has 0 aliphatic carbocycles. The van der Waals surface area contributed by atoms with Crippen LogP contribution in [0.1, 0.15) is 23.5 Å². The van der Waals surface area contributed by atoms with Crippen LogP contribution in [0.3, 0.4) is 0 Å². The van der Waals surface area contributed by atoms with Gasteiger partial charge in [-0.3, -0.25) is 9.69 Å². The minimum atomic E-state index is -0.595. The molecule has 6 heteroatoms. The Morgan fingerprint density at radius 1 is 1.03 bits per heavy atom. The molecular formula is C26H26F2N2O2. The molecule has 3 aromatic carbocycles. The van der Waals surface area contributed by atoms with E-state index in [1.807, 2.05) is 36.4 Å². The highest BCUT2D eigenvalue weighted by atomic mass is 19.1. The second-order valence-electron chi connectivity index (χ2n) is 8.19. The van der Waals surface area contributed by atoms with Gasteiger partial charge in [0, 0.05) is 43.0 Å². The Labute approximate surface area is 186 Å². The van der Waals surface area contributed by atoms with Crippen molar-refractivity contribution in [1.82, 2.24) is 4.90 Å². The molecule has 2 unspecified atom stereocenters. The molecule has 2 atom stereocenters. The molecule has 1 N–H and O–H groups in total. The van der Waals surface area contributed by atoms with Crippen LogP contribution in [0.4, 0.5) is 14.5 Å². The van der Waals surface area contributed by atoms with Crippen molar-refractivity contribution in [3.05, 3.63) is 95.6 Å². The first-order chi connectivity index (χ1) is 15.5. The van der Waals surface area contributed by atoms with Gasteiger partial charge in [0.05, 0.1) is 13.0 Å². The SMILES string of the molecule is COc1cccc(NC(=O)C2CC(c3ccccc3)CN(Cc3ccc(F)cc3F)C2)c1. The van der Waals surface area contributed by atoms with E-state index in [4.69, 9.17) is 4.74 Å². The molecule has 3 aromatic rings. The lowest BCUT2D eigenvalue weighted by atomic mass is 9.84. The van der Waals surface area contributed by atoms with E-state index in [2.05, 4.69) is 22.3 Å². The summed E-state index contributed by atoms with van der Waals surface area (Å²) in [5.74, 6) is -0.713. The first-order valence-corrected chi connectivity index (χ1v) is 10.7. The van der Waals surface area contributed by atoms with Crippen LogP contribution < -0.4 is 10.1 Å². The highest BCUT2D eigenvalue weighted by molar-refractivity contribution is 5.93. The number of carbonyl (C=O) groups excluding carboxylic acids is 1. The number of piperidine rings is 1. The number of methoxy groups -OCH3 is 1. The van der Waals surface area contributed by atoms with Crippen LogP contribution in [0, 0.1) is 17.6 Å². The van der Waals surface area contributed by atoms with E-state index in [1.165, 1.54) is 12.1 Å². The van der Waals surface area contributed by atoms with Crippen LogP contribution in [0.25, 0.3) is 0 Å². The van der Waals surface area contributed by atoms with Crippen molar-refractivity contribution >= 4 is 11.6 Å². The first-order valence-electron chi connectivity index (χ1n) is 10.7. The fourth-order valence-electron chi connectivity index (χ4n) is 4.31. The van der Waals surface area contributed by atoms with Crippen LogP contribution in [-0.4, -0.2) is 31.0 Å². The highest BCUT2D eigenvalue weighted by Gasteiger charge is 2.32. The van der Waals surface area contributed by atoms with Gasteiger partial charge in [-0.25, -0.2) is 8.78 Å². The van der Waals surface area contributed by atoms with E-state index in [1.54, 1.807) is 13.2 Å². The Bertz CT molecular complexity index is 1070. The fraction of sp³-hybridized carbons (Fsp3) is 0.269. The van der Waals surface area contributed by atoms with Gasteiger partial charge in [-0.1, -0.05) is 42.5 Å². The number of hydrogen-bond donors (Lipinski definition) is 1. The summed E-state index contributed by atoms with van der Waals surface area (Å²) in [5.41, 5.74) is 2.25. The number of nitrogens with one attached hydrogen (secondary N) is 1. The molecule has 1 aliphatic rings. The van der Waals surface area contributed by atoms with Gasteiger partial charge in [-0.2, -0.15) is 0 Å². The van der Waals surface area contributed by atoms with Crippen LogP contribution in [0.15, 0.2) is 72.8 Å². The molecule has 1 fully saturated rings. The summed E-state index contributed by atoms with van der Waals surface area (Å²) in [4.78, 5) is 15.2. The van der Waals surface area contributed by atoms with Crippen molar-refractivity contribution in [2.45, 2.75) is 18.9 Å². The number of rotatable bonds is 6. The number of nitrogens with zero attached hydrogens (tertiary/aromatic N) is 1. The monoisotopic (exact) mass is 436 g/mol. The molecule has 0 aromatic heterocycles. The Morgan fingerprint density at radius 3 is 2.59 bits per heavy atom. The first kappa shape index (κ1) is 22.0. The van der Waals surface area contributed by atoms with Gasteiger partial charge in [-0.05, 0) is 36.1 Å². The molecule has 0 radical (unpaired) electrons. The molecule has 0 bridgehead atoms. The lowest BCUT2D eigenvalue weighted by molar-refractivity contribution is -0.121. The van der Waals surface area contributed by atoms with Gasteiger partial charge in [0.25, 0.3) is 0 Å². The van der Waals surface area contributed by atoms with Crippen molar-refractivity contribution in [3.8, 4) is 5.75 Å². The zero-order valence-electron chi connectivity index (χ0n) is 17.9. The van der Waals surface area contributed by atoms with E-state index in [-0.39, 0.29) is 17.7 Å². The zero-order chi connectivity index (χ0) is 22.5. The second kappa shape index (κ2) is 9.92. The van der Waals surface area contributed by atoms with Crippen LogP contribution in [0.5, 0.6) is 5.75 Å². The third-order valence-electron chi connectivity index (χ3n) is 5.91. The topological polar surface area (TPSA) is 41.6 Å². The number of hydrogen-bond acceptors (Lipinski definition) is 3. The zero-order valence-corrected chi connectivity index (χ0v) is 17.9. The van der Waals surface area contributed by atoms with Gasteiger partial charge in [-0.15, -0.1) is 0 Å². The van der Waals surface area contributed by atoms with Gasteiger partial charge in [0.2, 0.25) is 5.91 Å². The van der Waals surface area contributed by atoms with Gasteiger partial charge in [0.1, 0.15) is 17.4 Å². The maximum absolute atomic E-state index is 14.3. The summed E-state index contributed by atoms with van der Waals surface area (Å²) in [5, 5.41) is 2.99. The number of anilines is 1. The van der Waals surface area contributed by atoms with Gasteiger partial charge < -0.3 is 10.1 Å². The molecule has 1 saturated heterocycles. The van der Waals surface area contributed by atoms with E-state index >= 15 is 0 Å². The predicted molar refractivity (Wildman–Crippen MR) is 121 cm³/mol. The Balaban J connectivity index is 1.54. The minimum absolute atomic E-state index is 0.0801. The third-order valence-corrected chi connectivity index (χ3v) is 5.91. The minimum Gasteiger partial charge on any atom is -0.497 e. The summed E-state index contributed by atoms with van der Waals surface area (Å²) in [6.45, 7) is 1.51. The number of ether oxygens (including phenoxy) is 1. The summed E-state index contributed by atoms with van der Waals surface area (Å²) in [6.07, 6.45) is 0.697. The van der Waals surface area contributed by atoms with E-state index < -0.39 is 11.6 Å². The molecule has 1 amide bonds. The molecule has 0 spiro atoms. The molecule has 166 valence electrons. The Kier molecular flexibility index (Phi) is 6.81. The molecule has 1 aliphatic heterocycles. The Morgan fingerprint density at radius 2 is 1.84 bits per heavy atom. The molecule has 0 saturated carbocycles. The number of halogens is 2. The van der Waals surface area contributed by atoms with Crippen molar-refractivity contribution < 1.29 is 18.3 Å². The summed E-state index contributed by atoms with van der Waals surface area (Å²) in [6, 6.07) is 20.9. The van der Waals surface area contributed by atoms with Gasteiger partial charge in [0.15, 0.2) is 0 Å². The van der Waals surface area contributed by atoms with Crippen molar-refractivity contribution in [2.75, 3.05) is 25.5 Å². The number of likely N-dealkylation sites (tertiary alicyclic amines) is 1. The normalized spacial score (nSPS) is 18.8. The molecule has 32 heavy (non-hydrogen) atoms.